The Labute approximate surface area is 196 Å². The monoisotopic (exact) mass is 485 g/mol. The van der Waals surface area contributed by atoms with Crippen molar-refractivity contribution in [3.05, 3.63) is 29.6 Å². The molecule has 35 heavy (non-hydrogen) atoms. The van der Waals surface area contributed by atoms with Gasteiger partial charge in [-0.2, -0.15) is 9.78 Å². The molecule has 1 aromatic carbocycles. The number of nitrogens with zero attached hydrogens (tertiary/aromatic N) is 5. The van der Waals surface area contributed by atoms with E-state index in [4.69, 9.17) is 9.26 Å². The molecule has 182 valence electrons. The molecule has 1 spiro atoms. The highest BCUT2D eigenvalue weighted by molar-refractivity contribution is 6.20. The van der Waals surface area contributed by atoms with Crippen molar-refractivity contribution in [3.8, 4) is 5.82 Å². The van der Waals surface area contributed by atoms with Gasteiger partial charge in [-0.15, -0.1) is 0 Å². The number of hydrogen-bond acceptors (Lipinski definition) is 10. The van der Waals surface area contributed by atoms with Crippen LogP contribution in [0.15, 0.2) is 16.9 Å². The molecule has 3 N–H and O–H groups in total. The van der Waals surface area contributed by atoms with Crippen molar-refractivity contribution in [3.63, 3.8) is 0 Å². The molecule has 0 saturated carbocycles. The number of ether oxygens (including phenoxy) is 1. The Morgan fingerprint density at radius 3 is 2.71 bits per heavy atom. The number of carbonyl (C=O) groups is 3. The zero-order valence-electron chi connectivity index (χ0n) is 18.6. The van der Waals surface area contributed by atoms with Crippen LogP contribution < -0.4 is 15.5 Å². The number of imide groups is 2. The van der Waals surface area contributed by atoms with Crippen LogP contribution >= 0.6 is 0 Å². The maximum absolute atomic E-state index is 16.1. The molecule has 0 radical (unpaired) electrons. The third kappa shape index (κ3) is 2.80. The molecule has 3 aromatic rings. The van der Waals surface area contributed by atoms with Crippen molar-refractivity contribution >= 4 is 34.5 Å². The van der Waals surface area contributed by atoms with Crippen molar-refractivity contribution in [1.82, 2.24) is 30.6 Å². The molecule has 0 unspecified atom stereocenters. The van der Waals surface area contributed by atoms with Gasteiger partial charge in [-0.25, -0.2) is 14.2 Å². The number of aliphatic hydroxyl groups is 1. The summed E-state index contributed by atoms with van der Waals surface area (Å²) in [6, 6.07) is -0.210. The average molecular weight is 485 g/mol. The summed E-state index contributed by atoms with van der Waals surface area (Å²) in [5.74, 6) is -2.01. The Bertz CT molecular complexity index is 1400. The highest BCUT2D eigenvalue weighted by atomic mass is 19.1. The Balaban J connectivity index is 1.60. The van der Waals surface area contributed by atoms with Gasteiger partial charge >= 0.3 is 6.03 Å². The Kier molecular flexibility index (Phi) is 4.50. The van der Waals surface area contributed by atoms with E-state index in [1.807, 2.05) is 6.92 Å². The van der Waals surface area contributed by atoms with E-state index < -0.39 is 47.8 Å². The summed E-state index contributed by atoms with van der Waals surface area (Å²) in [5, 5.41) is 22.1. The molecule has 6 rings (SSSR count). The first-order valence-electron chi connectivity index (χ1n) is 11.0. The number of aliphatic hydroxyl groups excluding tert-OH is 1. The van der Waals surface area contributed by atoms with Gasteiger partial charge in [0.15, 0.2) is 17.1 Å². The van der Waals surface area contributed by atoms with Crippen LogP contribution in [-0.2, 0) is 27.4 Å². The molecule has 3 aliphatic rings. The summed E-state index contributed by atoms with van der Waals surface area (Å²) in [6.07, 6.45) is 0.0468. The van der Waals surface area contributed by atoms with Gasteiger partial charge in [-0.05, 0) is 25.5 Å². The molecule has 5 heterocycles. The van der Waals surface area contributed by atoms with E-state index in [0.717, 1.165) is 0 Å². The molecule has 13 nitrogen and oxygen atoms in total. The highest BCUT2D eigenvalue weighted by Crippen LogP contribution is 2.49. The van der Waals surface area contributed by atoms with Crippen LogP contribution in [0.3, 0.4) is 0 Å². The molecular weight excluding hydrogens is 465 g/mol. The van der Waals surface area contributed by atoms with E-state index in [-0.39, 0.29) is 47.4 Å². The lowest BCUT2D eigenvalue weighted by Crippen LogP contribution is -2.75. The number of barbiturate groups is 1. The van der Waals surface area contributed by atoms with Gasteiger partial charge in [0.05, 0.1) is 29.3 Å². The second kappa shape index (κ2) is 7.29. The fourth-order valence-corrected chi connectivity index (χ4v) is 5.64. The molecule has 0 bridgehead atoms. The summed E-state index contributed by atoms with van der Waals surface area (Å²) in [4.78, 5) is 44.0. The molecule has 0 aliphatic carbocycles. The molecule has 3 atom stereocenters. The smallest absolute Gasteiger partial charge is 0.328 e. The van der Waals surface area contributed by atoms with Crippen LogP contribution in [0.25, 0.3) is 16.8 Å². The summed E-state index contributed by atoms with van der Waals surface area (Å²) in [5.41, 5.74) is -1.37. The van der Waals surface area contributed by atoms with E-state index in [9.17, 15) is 19.5 Å². The zero-order chi connectivity index (χ0) is 24.6. The maximum atomic E-state index is 16.1. The number of anilines is 1. The second-order valence-corrected chi connectivity index (χ2v) is 8.96. The first kappa shape index (κ1) is 21.6. The van der Waals surface area contributed by atoms with Crippen LogP contribution in [0.5, 0.6) is 0 Å². The number of benzene rings is 1. The van der Waals surface area contributed by atoms with Crippen LogP contribution in [0.4, 0.5) is 14.9 Å². The fourth-order valence-electron chi connectivity index (χ4n) is 5.64. The second-order valence-electron chi connectivity index (χ2n) is 8.96. The number of hydrogen-bond donors (Lipinski definition) is 3. The minimum absolute atomic E-state index is 0.0934. The lowest BCUT2D eigenvalue weighted by molar-refractivity contribution is -0.153. The number of aromatic nitrogens is 4. The molecule has 2 saturated heterocycles. The van der Waals surface area contributed by atoms with Gasteiger partial charge in [-0.1, -0.05) is 5.16 Å². The Morgan fingerprint density at radius 2 is 2.00 bits per heavy atom. The molecule has 2 aromatic heterocycles. The van der Waals surface area contributed by atoms with Crippen molar-refractivity contribution in [1.29, 1.82) is 0 Å². The first-order chi connectivity index (χ1) is 16.8. The number of halogens is 1. The van der Waals surface area contributed by atoms with E-state index >= 15 is 4.39 Å². The largest absolute Gasteiger partial charge is 0.388 e. The fraction of sp³-hybridized carbons (Fsp3) is 0.429. The van der Waals surface area contributed by atoms with E-state index in [2.05, 4.69) is 25.9 Å². The SMILES string of the molecule is C[C@@H]1CN2c3c(cc4c(-n5ncnc5CO)noc4c3F)CC3(C(=O)NC(=O)NC3=O)[C@H]2[C@H](C)O1. The van der Waals surface area contributed by atoms with Crippen LogP contribution in [0.1, 0.15) is 25.2 Å². The number of nitrogens with one attached hydrogen (secondary N) is 2. The standard InChI is InChI=1S/C21H20FN7O6/c1-8-5-28-14-10(4-21(16(28)9(2)34-8)18(31)25-20(33)26-19(21)32)3-11-15(13(14)22)35-27-17(11)29-12(6-30)23-7-24-29/h3,7-9,16,30H,4-6H2,1-2H3,(H2,25,26,31,32,33)/t8-,9+,16-/m1/s1. The van der Waals surface area contributed by atoms with Crippen molar-refractivity contribution in [2.45, 2.75) is 45.1 Å². The molecule has 4 amide bonds. The van der Waals surface area contributed by atoms with Crippen LogP contribution in [0, 0.1) is 11.2 Å². The van der Waals surface area contributed by atoms with Crippen molar-refractivity contribution in [2.24, 2.45) is 5.41 Å². The average Bonchev–Trinajstić information content (AvgIpc) is 3.43. The van der Waals surface area contributed by atoms with Gasteiger partial charge in [-0.3, -0.25) is 20.2 Å². The normalized spacial score (nSPS) is 25.4. The number of carbonyl (C=O) groups excluding carboxylic acids is 3. The molecule has 14 heteroatoms. The highest BCUT2D eigenvalue weighted by Gasteiger charge is 2.63. The van der Waals surface area contributed by atoms with Gasteiger partial charge < -0.3 is 19.3 Å². The summed E-state index contributed by atoms with van der Waals surface area (Å²) >= 11 is 0. The predicted molar refractivity (Wildman–Crippen MR) is 114 cm³/mol. The number of rotatable bonds is 2. The lowest BCUT2D eigenvalue weighted by Gasteiger charge is -2.55. The molecular formula is C21H20FN7O6. The lowest BCUT2D eigenvalue weighted by atomic mass is 9.66. The summed E-state index contributed by atoms with van der Waals surface area (Å²) in [7, 11) is 0. The summed E-state index contributed by atoms with van der Waals surface area (Å²) in [6.45, 7) is 3.27. The summed E-state index contributed by atoms with van der Waals surface area (Å²) < 4.78 is 28.6. The number of fused-ring (bicyclic) bond motifs is 5. The van der Waals surface area contributed by atoms with Gasteiger partial charge in [0.1, 0.15) is 12.9 Å². The number of morpholine rings is 1. The molecule has 3 aliphatic heterocycles. The minimum Gasteiger partial charge on any atom is -0.388 e. The number of amides is 4. The van der Waals surface area contributed by atoms with E-state index in [1.54, 1.807) is 17.9 Å². The van der Waals surface area contributed by atoms with Crippen molar-refractivity contribution in [2.75, 3.05) is 11.4 Å². The van der Waals surface area contributed by atoms with Crippen LogP contribution in [-0.4, -0.2) is 67.7 Å². The van der Waals surface area contributed by atoms with Gasteiger partial charge in [0.25, 0.3) is 0 Å². The molecule has 2 fully saturated rings. The number of urea groups is 1. The van der Waals surface area contributed by atoms with Crippen LogP contribution in [0.2, 0.25) is 0 Å². The Hall–Kier alpha value is -3.91. The minimum atomic E-state index is -1.75. The quantitative estimate of drug-likeness (QED) is 0.419. The third-order valence-corrected chi connectivity index (χ3v) is 6.91. The van der Waals surface area contributed by atoms with Crippen molar-refractivity contribution < 1.29 is 33.1 Å². The maximum Gasteiger partial charge on any atom is 0.328 e. The van der Waals surface area contributed by atoms with Gasteiger partial charge in [0, 0.05) is 13.0 Å². The topological polar surface area (TPSA) is 165 Å². The van der Waals surface area contributed by atoms with E-state index in [1.165, 1.54) is 11.0 Å². The first-order valence-corrected chi connectivity index (χ1v) is 11.0. The predicted octanol–water partition coefficient (Wildman–Crippen LogP) is -0.0694. The Morgan fingerprint density at radius 1 is 1.26 bits per heavy atom. The van der Waals surface area contributed by atoms with Gasteiger partial charge in [0.2, 0.25) is 23.2 Å². The third-order valence-electron chi connectivity index (χ3n) is 6.91. The zero-order valence-corrected chi connectivity index (χ0v) is 18.6. The van der Waals surface area contributed by atoms with E-state index in [0.29, 0.717) is 5.56 Å².